The van der Waals surface area contributed by atoms with Crippen molar-refractivity contribution in [3.8, 4) is 6.07 Å². The highest BCUT2D eigenvalue weighted by Crippen LogP contribution is 2.40. The van der Waals surface area contributed by atoms with Crippen LogP contribution in [0.5, 0.6) is 0 Å². The van der Waals surface area contributed by atoms with E-state index in [1.165, 1.54) is 4.90 Å². The second-order valence-corrected chi connectivity index (χ2v) is 6.21. The van der Waals surface area contributed by atoms with E-state index in [1.54, 1.807) is 11.9 Å². The van der Waals surface area contributed by atoms with Crippen molar-refractivity contribution in [2.75, 3.05) is 7.05 Å². The monoisotopic (exact) mass is 293 g/mol. The molecule has 1 heterocycles. The fourth-order valence-corrected chi connectivity index (χ4v) is 3.60. The van der Waals surface area contributed by atoms with Crippen molar-refractivity contribution >= 4 is 12.0 Å². The second-order valence-electron chi connectivity index (χ2n) is 6.21. The van der Waals surface area contributed by atoms with E-state index in [9.17, 15) is 14.7 Å². The Hall–Kier alpha value is -1.77. The average molecular weight is 293 g/mol. The van der Waals surface area contributed by atoms with Gasteiger partial charge in [0.1, 0.15) is 6.04 Å². The number of urea groups is 1. The van der Waals surface area contributed by atoms with Gasteiger partial charge in [-0.2, -0.15) is 5.26 Å². The molecule has 1 saturated carbocycles. The highest BCUT2D eigenvalue weighted by atomic mass is 16.4. The fraction of sp³-hybridized carbons (Fsp3) is 0.800. The molecule has 0 spiro atoms. The Bertz CT molecular complexity index is 460. The van der Waals surface area contributed by atoms with Crippen LogP contribution in [0.15, 0.2) is 0 Å². The predicted octanol–water partition coefficient (Wildman–Crippen LogP) is 2.06. The van der Waals surface area contributed by atoms with Crippen molar-refractivity contribution in [3.05, 3.63) is 0 Å². The maximum absolute atomic E-state index is 12.7. The van der Waals surface area contributed by atoms with Crippen LogP contribution in [0, 0.1) is 17.2 Å². The zero-order chi connectivity index (χ0) is 15.6. The van der Waals surface area contributed by atoms with Crippen molar-refractivity contribution in [1.29, 1.82) is 5.26 Å². The molecule has 0 aromatic rings. The number of nitrogens with zero attached hydrogens (tertiary/aromatic N) is 3. The Labute approximate surface area is 125 Å². The van der Waals surface area contributed by atoms with Crippen LogP contribution in [0.1, 0.15) is 45.4 Å². The lowest BCUT2D eigenvalue weighted by molar-refractivity contribution is -0.141. The first-order chi connectivity index (χ1) is 9.97. The van der Waals surface area contributed by atoms with E-state index in [1.807, 2.05) is 6.92 Å². The van der Waals surface area contributed by atoms with Crippen LogP contribution in [-0.2, 0) is 4.79 Å². The lowest BCUT2D eigenvalue weighted by Gasteiger charge is -2.37. The Kier molecular flexibility index (Phi) is 4.71. The minimum Gasteiger partial charge on any atom is -0.480 e. The highest BCUT2D eigenvalue weighted by molar-refractivity contribution is 5.84. The van der Waals surface area contributed by atoms with E-state index in [-0.39, 0.29) is 24.5 Å². The first kappa shape index (κ1) is 15.6. The molecule has 6 heteroatoms. The lowest BCUT2D eigenvalue weighted by atomic mass is 9.85. The summed E-state index contributed by atoms with van der Waals surface area (Å²) in [5, 5.41) is 18.2. The van der Waals surface area contributed by atoms with Gasteiger partial charge < -0.3 is 14.9 Å². The van der Waals surface area contributed by atoms with Gasteiger partial charge in [-0.15, -0.1) is 0 Å². The molecular weight excluding hydrogens is 270 g/mol. The number of hydrogen-bond donors (Lipinski definition) is 1. The van der Waals surface area contributed by atoms with Crippen LogP contribution in [0.4, 0.5) is 4.79 Å². The van der Waals surface area contributed by atoms with Gasteiger partial charge in [0.05, 0.1) is 12.5 Å². The van der Waals surface area contributed by atoms with Crippen LogP contribution in [-0.4, -0.2) is 52.1 Å². The molecule has 0 radical (unpaired) electrons. The molecule has 2 fully saturated rings. The van der Waals surface area contributed by atoms with E-state index >= 15 is 0 Å². The number of carbonyl (C=O) groups is 2. The van der Waals surface area contributed by atoms with Gasteiger partial charge in [-0.1, -0.05) is 12.8 Å². The van der Waals surface area contributed by atoms with Crippen molar-refractivity contribution < 1.29 is 14.7 Å². The zero-order valence-corrected chi connectivity index (χ0v) is 12.7. The maximum Gasteiger partial charge on any atom is 0.326 e. The molecule has 116 valence electrons. The third kappa shape index (κ3) is 2.97. The Morgan fingerprint density at radius 3 is 2.71 bits per heavy atom. The minimum atomic E-state index is -0.918. The lowest BCUT2D eigenvalue weighted by Crippen LogP contribution is -2.53. The zero-order valence-electron chi connectivity index (χ0n) is 12.7. The van der Waals surface area contributed by atoms with Crippen molar-refractivity contribution in [3.63, 3.8) is 0 Å². The molecule has 0 aromatic carbocycles. The van der Waals surface area contributed by atoms with Gasteiger partial charge in [-0.05, 0) is 32.1 Å². The summed E-state index contributed by atoms with van der Waals surface area (Å²) in [5.74, 6) is -0.609. The van der Waals surface area contributed by atoms with Gasteiger partial charge in [0.2, 0.25) is 0 Å². The Morgan fingerprint density at radius 1 is 1.43 bits per heavy atom. The van der Waals surface area contributed by atoms with E-state index in [0.29, 0.717) is 12.3 Å². The fourth-order valence-electron chi connectivity index (χ4n) is 3.60. The summed E-state index contributed by atoms with van der Waals surface area (Å²) < 4.78 is 0. The molecule has 1 saturated heterocycles. The number of aliphatic carboxylic acids is 1. The smallest absolute Gasteiger partial charge is 0.326 e. The third-order valence-electron chi connectivity index (χ3n) is 4.94. The van der Waals surface area contributed by atoms with Crippen LogP contribution in [0.25, 0.3) is 0 Å². The summed E-state index contributed by atoms with van der Waals surface area (Å²) in [5.41, 5.74) is 0. The van der Waals surface area contributed by atoms with Gasteiger partial charge in [0, 0.05) is 19.1 Å². The molecule has 21 heavy (non-hydrogen) atoms. The summed E-state index contributed by atoms with van der Waals surface area (Å²) in [6, 6.07) is 0.922. The number of nitriles is 1. The summed E-state index contributed by atoms with van der Waals surface area (Å²) in [4.78, 5) is 27.3. The molecule has 0 aromatic heterocycles. The van der Waals surface area contributed by atoms with Crippen LogP contribution in [0.2, 0.25) is 0 Å². The Morgan fingerprint density at radius 2 is 2.10 bits per heavy atom. The van der Waals surface area contributed by atoms with Gasteiger partial charge in [-0.25, -0.2) is 9.59 Å². The van der Waals surface area contributed by atoms with E-state index in [0.717, 1.165) is 25.7 Å². The van der Waals surface area contributed by atoms with Crippen molar-refractivity contribution in [2.24, 2.45) is 5.92 Å². The number of amides is 2. The molecule has 2 rings (SSSR count). The van der Waals surface area contributed by atoms with E-state index in [4.69, 9.17) is 5.26 Å². The normalized spacial score (nSPS) is 29.4. The van der Waals surface area contributed by atoms with Crippen LogP contribution < -0.4 is 0 Å². The molecule has 4 atom stereocenters. The second kappa shape index (κ2) is 6.33. The molecule has 1 N–H and O–H groups in total. The molecule has 1 aliphatic carbocycles. The molecule has 2 aliphatic rings. The number of carboxylic acids is 1. The number of rotatable bonds is 3. The standard InChI is InChI=1S/C15H23N3O3/c1-10(7-8-16)17(2)15(21)18-12-6-4-3-5-11(12)9-13(18)14(19)20/h10-13H,3-7,9H2,1-2H3,(H,19,20). The summed E-state index contributed by atoms with van der Waals surface area (Å²) in [6.07, 6.45) is 4.88. The quantitative estimate of drug-likeness (QED) is 0.863. The van der Waals surface area contributed by atoms with Crippen molar-refractivity contribution in [1.82, 2.24) is 9.80 Å². The number of hydrogen-bond acceptors (Lipinski definition) is 3. The summed E-state index contributed by atoms with van der Waals surface area (Å²) >= 11 is 0. The molecule has 4 unspecified atom stereocenters. The van der Waals surface area contributed by atoms with Crippen LogP contribution >= 0.6 is 0 Å². The largest absolute Gasteiger partial charge is 0.480 e. The maximum atomic E-state index is 12.7. The number of likely N-dealkylation sites (tertiary alicyclic amines) is 1. The SMILES string of the molecule is CC(CC#N)N(C)C(=O)N1C(C(=O)O)CC2CCCCC21. The molecule has 1 aliphatic heterocycles. The van der Waals surface area contributed by atoms with Gasteiger partial charge in [-0.3, -0.25) is 0 Å². The van der Waals surface area contributed by atoms with E-state index < -0.39 is 12.0 Å². The average Bonchev–Trinajstić information content (AvgIpc) is 2.85. The number of carbonyl (C=O) groups excluding carboxylic acids is 1. The number of carboxylic acid groups (broad SMARTS) is 1. The highest BCUT2D eigenvalue weighted by Gasteiger charge is 2.48. The first-order valence-electron chi connectivity index (χ1n) is 7.62. The minimum absolute atomic E-state index is 0.0454. The van der Waals surface area contributed by atoms with Crippen LogP contribution in [0.3, 0.4) is 0 Å². The molecule has 0 bridgehead atoms. The molecule has 6 nitrogen and oxygen atoms in total. The molecule has 2 amide bonds. The summed E-state index contributed by atoms with van der Waals surface area (Å²) in [6.45, 7) is 1.81. The van der Waals surface area contributed by atoms with Crippen molar-refractivity contribution in [2.45, 2.75) is 63.6 Å². The third-order valence-corrected chi connectivity index (χ3v) is 4.94. The van der Waals surface area contributed by atoms with Gasteiger partial charge >= 0.3 is 12.0 Å². The predicted molar refractivity (Wildman–Crippen MR) is 76.5 cm³/mol. The van der Waals surface area contributed by atoms with Gasteiger partial charge in [0.15, 0.2) is 0 Å². The topological polar surface area (TPSA) is 84.6 Å². The first-order valence-corrected chi connectivity index (χ1v) is 7.62. The molecular formula is C15H23N3O3. The summed E-state index contributed by atoms with van der Waals surface area (Å²) in [7, 11) is 1.65. The number of fused-ring (bicyclic) bond motifs is 1. The Balaban J connectivity index is 2.19. The van der Waals surface area contributed by atoms with Gasteiger partial charge in [0.25, 0.3) is 0 Å². The van der Waals surface area contributed by atoms with E-state index in [2.05, 4.69) is 6.07 Å².